The van der Waals surface area contributed by atoms with E-state index in [1.54, 1.807) is 6.92 Å². The molecule has 1 N–H and O–H groups in total. The van der Waals surface area contributed by atoms with Crippen molar-refractivity contribution in [3.8, 4) is 0 Å². The predicted molar refractivity (Wildman–Crippen MR) is 67.7 cm³/mol. The molecule has 0 saturated heterocycles. The molecule has 1 heterocycles. The van der Waals surface area contributed by atoms with E-state index < -0.39 is 5.97 Å². The van der Waals surface area contributed by atoms with Crippen LogP contribution in [0.4, 0.5) is 11.5 Å². The Labute approximate surface area is 105 Å². The van der Waals surface area contributed by atoms with Crippen LogP contribution in [-0.2, 0) is 4.74 Å². The van der Waals surface area contributed by atoms with Gasteiger partial charge < -0.3 is 10.1 Å². The summed E-state index contributed by atoms with van der Waals surface area (Å²) in [5, 5.41) is 3.08. The van der Waals surface area contributed by atoms with Gasteiger partial charge in [0.2, 0.25) is 0 Å². The highest BCUT2D eigenvalue weighted by atomic mass is 16.5. The van der Waals surface area contributed by atoms with E-state index in [1.165, 1.54) is 12.4 Å². The summed E-state index contributed by atoms with van der Waals surface area (Å²) in [5.41, 5.74) is 1.12. The van der Waals surface area contributed by atoms with Crippen molar-refractivity contribution in [2.45, 2.75) is 6.92 Å². The molecule has 0 unspecified atom stereocenters. The topological polar surface area (TPSA) is 64.1 Å². The van der Waals surface area contributed by atoms with Crippen molar-refractivity contribution in [2.75, 3.05) is 11.9 Å². The lowest BCUT2D eigenvalue weighted by Gasteiger charge is -2.05. The first kappa shape index (κ1) is 12.0. The van der Waals surface area contributed by atoms with Crippen LogP contribution in [0.25, 0.3) is 0 Å². The number of para-hydroxylation sites is 1. The summed E-state index contributed by atoms with van der Waals surface area (Å²) < 4.78 is 4.82. The van der Waals surface area contributed by atoms with Crippen molar-refractivity contribution in [2.24, 2.45) is 0 Å². The van der Waals surface area contributed by atoms with Crippen molar-refractivity contribution >= 4 is 17.5 Å². The van der Waals surface area contributed by atoms with Crippen LogP contribution in [-0.4, -0.2) is 22.5 Å². The second kappa shape index (κ2) is 5.77. The number of hydrogen-bond donors (Lipinski definition) is 1. The second-order valence-electron chi connectivity index (χ2n) is 3.50. The van der Waals surface area contributed by atoms with E-state index in [0.717, 1.165) is 5.69 Å². The number of carbonyl (C=O) groups excluding carboxylic acids is 1. The number of nitrogens with zero attached hydrogens (tertiary/aromatic N) is 2. The number of ether oxygens (including phenoxy) is 1. The van der Waals surface area contributed by atoms with Gasteiger partial charge in [-0.15, -0.1) is 0 Å². The molecule has 5 heteroatoms. The second-order valence-corrected chi connectivity index (χ2v) is 3.50. The molecule has 0 atom stereocenters. The molecule has 0 amide bonds. The third kappa shape index (κ3) is 3.04. The third-order valence-corrected chi connectivity index (χ3v) is 2.18. The highest BCUT2D eigenvalue weighted by Gasteiger charge is 2.08. The molecular weight excluding hydrogens is 230 g/mol. The van der Waals surface area contributed by atoms with E-state index in [9.17, 15) is 4.79 Å². The molecular formula is C13H13N3O2. The predicted octanol–water partition coefficient (Wildman–Crippen LogP) is 2.40. The van der Waals surface area contributed by atoms with Crippen LogP contribution in [0.2, 0.25) is 0 Å². The first-order chi connectivity index (χ1) is 8.79. The number of hydrogen-bond acceptors (Lipinski definition) is 5. The van der Waals surface area contributed by atoms with Crippen LogP contribution in [0.5, 0.6) is 0 Å². The number of rotatable bonds is 4. The van der Waals surface area contributed by atoms with Gasteiger partial charge in [0.15, 0.2) is 5.69 Å². The Kier molecular flexibility index (Phi) is 3.86. The fraction of sp³-hybridized carbons (Fsp3) is 0.154. The zero-order chi connectivity index (χ0) is 12.8. The van der Waals surface area contributed by atoms with Gasteiger partial charge in [-0.25, -0.2) is 14.8 Å². The van der Waals surface area contributed by atoms with E-state index in [4.69, 9.17) is 4.74 Å². The molecule has 92 valence electrons. The normalized spacial score (nSPS) is 9.83. The molecule has 2 rings (SSSR count). The number of anilines is 2. The summed E-state index contributed by atoms with van der Waals surface area (Å²) in [5.74, 6) is 0.116. The highest BCUT2D eigenvalue weighted by molar-refractivity contribution is 5.86. The van der Waals surface area contributed by atoms with E-state index in [1.807, 2.05) is 30.3 Å². The average Bonchev–Trinajstić information content (AvgIpc) is 2.41. The molecule has 0 fully saturated rings. The molecule has 5 nitrogen and oxygen atoms in total. The van der Waals surface area contributed by atoms with Crippen LogP contribution >= 0.6 is 0 Å². The van der Waals surface area contributed by atoms with Gasteiger partial charge in [-0.1, -0.05) is 18.2 Å². The highest BCUT2D eigenvalue weighted by Crippen LogP contribution is 2.12. The van der Waals surface area contributed by atoms with Crippen molar-refractivity contribution in [3.05, 3.63) is 48.4 Å². The van der Waals surface area contributed by atoms with E-state index >= 15 is 0 Å². The maximum atomic E-state index is 11.4. The van der Waals surface area contributed by atoms with Gasteiger partial charge in [-0.05, 0) is 19.1 Å². The fourth-order valence-electron chi connectivity index (χ4n) is 1.37. The van der Waals surface area contributed by atoms with Crippen molar-refractivity contribution < 1.29 is 9.53 Å². The van der Waals surface area contributed by atoms with Crippen LogP contribution in [0, 0.1) is 0 Å². The quantitative estimate of drug-likeness (QED) is 0.835. The molecule has 0 bridgehead atoms. The molecule has 0 radical (unpaired) electrons. The SMILES string of the molecule is CCOC(=O)c1cnc(Nc2ccccc2)cn1. The minimum Gasteiger partial charge on any atom is -0.461 e. The first-order valence-electron chi connectivity index (χ1n) is 5.61. The number of aromatic nitrogens is 2. The third-order valence-electron chi connectivity index (χ3n) is 2.18. The lowest BCUT2D eigenvalue weighted by atomic mass is 10.3. The van der Waals surface area contributed by atoms with Crippen molar-refractivity contribution in [3.63, 3.8) is 0 Å². The summed E-state index contributed by atoms with van der Waals surface area (Å²) in [6.07, 6.45) is 2.89. The summed E-state index contributed by atoms with van der Waals surface area (Å²) in [7, 11) is 0. The van der Waals surface area contributed by atoms with E-state index in [0.29, 0.717) is 12.4 Å². The standard InChI is InChI=1S/C13H13N3O2/c1-2-18-13(17)11-8-15-12(9-14-11)16-10-6-4-3-5-7-10/h3-9H,2H2,1H3,(H,15,16). The molecule has 2 aromatic rings. The average molecular weight is 243 g/mol. The molecule has 0 aliphatic carbocycles. The van der Waals surface area contributed by atoms with Gasteiger partial charge in [0.25, 0.3) is 0 Å². The maximum Gasteiger partial charge on any atom is 0.358 e. The fourth-order valence-corrected chi connectivity index (χ4v) is 1.37. The Hall–Kier alpha value is -2.43. The number of carbonyl (C=O) groups is 1. The Balaban J connectivity index is 2.06. The molecule has 0 aliphatic heterocycles. The Morgan fingerprint density at radius 1 is 1.22 bits per heavy atom. The van der Waals surface area contributed by atoms with Crippen molar-refractivity contribution in [1.29, 1.82) is 0 Å². The first-order valence-corrected chi connectivity index (χ1v) is 5.61. The van der Waals surface area contributed by atoms with Crippen LogP contribution in [0.1, 0.15) is 17.4 Å². The lowest BCUT2D eigenvalue weighted by Crippen LogP contribution is -2.08. The Morgan fingerprint density at radius 2 is 2.00 bits per heavy atom. The Bertz CT molecular complexity index is 512. The van der Waals surface area contributed by atoms with E-state index in [2.05, 4.69) is 15.3 Å². The van der Waals surface area contributed by atoms with Crippen LogP contribution in [0.15, 0.2) is 42.7 Å². The maximum absolute atomic E-state index is 11.4. The summed E-state index contributed by atoms with van der Waals surface area (Å²) in [4.78, 5) is 19.5. The van der Waals surface area contributed by atoms with Crippen LogP contribution < -0.4 is 5.32 Å². The van der Waals surface area contributed by atoms with Gasteiger partial charge in [-0.2, -0.15) is 0 Å². The summed E-state index contributed by atoms with van der Waals surface area (Å²) in [6.45, 7) is 2.07. The van der Waals surface area contributed by atoms with Crippen molar-refractivity contribution in [1.82, 2.24) is 9.97 Å². The smallest absolute Gasteiger partial charge is 0.358 e. The largest absolute Gasteiger partial charge is 0.461 e. The van der Waals surface area contributed by atoms with Gasteiger partial charge in [0.05, 0.1) is 19.0 Å². The van der Waals surface area contributed by atoms with E-state index in [-0.39, 0.29) is 5.69 Å². The van der Waals surface area contributed by atoms with Gasteiger partial charge in [0, 0.05) is 5.69 Å². The zero-order valence-corrected chi connectivity index (χ0v) is 9.96. The Morgan fingerprint density at radius 3 is 2.61 bits per heavy atom. The molecule has 1 aromatic carbocycles. The summed E-state index contributed by atoms with van der Waals surface area (Å²) >= 11 is 0. The zero-order valence-electron chi connectivity index (χ0n) is 9.96. The van der Waals surface area contributed by atoms with Gasteiger partial charge in [0.1, 0.15) is 5.82 Å². The minimum absolute atomic E-state index is 0.204. The molecule has 1 aromatic heterocycles. The monoisotopic (exact) mass is 243 g/mol. The number of nitrogens with one attached hydrogen (secondary N) is 1. The minimum atomic E-state index is -0.462. The molecule has 0 spiro atoms. The van der Waals surface area contributed by atoms with Gasteiger partial charge in [-0.3, -0.25) is 0 Å². The number of benzene rings is 1. The molecule has 0 saturated carbocycles. The summed E-state index contributed by atoms with van der Waals surface area (Å²) in [6, 6.07) is 9.61. The van der Waals surface area contributed by atoms with Crippen LogP contribution in [0.3, 0.4) is 0 Å². The lowest BCUT2D eigenvalue weighted by molar-refractivity contribution is 0.0519. The molecule has 0 aliphatic rings. The number of esters is 1. The molecule has 18 heavy (non-hydrogen) atoms. The van der Waals surface area contributed by atoms with Gasteiger partial charge >= 0.3 is 5.97 Å².